The van der Waals surface area contributed by atoms with Gasteiger partial charge in [-0.1, -0.05) is 20.8 Å². The summed E-state index contributed by atoms with van der Waals surface area (Å²) >= 11 is 0. The van der Waals surface area contributed by atoms with Crippen LogP contribution < -0.4 is 10.6 Å². The summed E-state index contributed by atoms with van der Waals surface area (Å²) in [4.78, 5) is 11.6. The molecule has 5 nitrogen and oxygen atoms in total. The van der Waals surface area contributed by atoms with Gasteiger partial charge in [0.25, 0.3) is 0 Å². The Balaban J connectivity index is 2.60. The predicted octanol–water partition coefficient (Wildman–Crippen LogP) is 2.52. The summed E-state index contributed by atoms with van der Waals surface area (Å²) in [6.45, 7) is 7.15. The van der Waals surface area contributed by atoms with Crippen LogP contribution in [0.2, 0.25) is 0 Å². The van der Waals surface area contributed by atoms with Crippen LogP contribution in [-0.4, -0.2) is 31.9 Å². The van der Waals surface area contributed by atoms with Crippen LogP contribution in [0, 0.1) is 5.92 Å². The van der Waals surface area contributed by atoms with Crippen molar-refractivity contribution in [3.05, 3.63) is 24.3 Å². The largest absolute Gasteiger partial charge is 0.382 e. The minimum atomic E-state index is -2.99. The Morgan fingerprint density at radius 3 is 2.10 bits per heavy atom. The lowest BCUT2D eigenvalue weighted by Gasteiger charge is -2.15. The van der Waals surface area contributed by atoms with E-state index in [4.69, 9.17) is 0 Å². The van der Waals surface area contributed by atoms with Crippen LogP contribution in [0.15, 0.2) is 24.3 Å². The molecule has 0 aliphatic carbocycles. The van der Waals surface area contributed by atoms with Crippen LogP contribution >= 0.6 is 0 Å². The van der Waals surface area contributed by atoms with E-state index < -0.39 is 9.84 Å². The molecule has 1 atom stereocenters. The summed E-state index contributed by atoms with van der Waals surface area (Å²) in [5, 5.41) is 5.95. The molecular formula is C15H24N2O3S. The molecular weight excluding hydrogens is 288 g/mol. The second-order valence-corrected chi connectivity index (χ2v) is 7.86. The zero-order chi connectivity index (χ0) is 16.0. The first-order chi connectivity index (χ1) is 9.73. The number of anilines is 2. The topological polar surface area (TPSA) is 75.3 Å². The van der Waals surface area contributed by atoms with E-state index in [1.807, 2.05) is 32.9 Å². The molecule has 0 aliphatic heterocycles. The smallest absolute Gasteiger partial charge is 0.226 e. The van der Waals surface area contributed by atoms with Gasteiger partial charge in [0.2, 0.25) is 5.91 Å². The fourth-order valence-electron chi connectivity index (χ4n) is 1.76. The number of benzene rings is 1. The third-order valence-electron chi connectivity index (χ3n) is 3.03. The van der Waals surface area contributed by atoms with Crippen molar-refractivity contribution >= 4 is 27.1 Å². The van der Waals surface area contributed by atoms with Gasteiger partial charge < -0.3 is 10.6 Å². The van der Waals surface area contributed by atoms with E-state index in [0.717, 1.165) is 11.4 Å². The standard InChI is InChI=1S/C15H24N2O3S/c1-5-21(19,20)10-12(4)16-13-6-8-14(9-7-13)17-15(18)11(2)3/h6-9,11-12,16H,5,10H2,1-4H3,(H,17,18). The van der Waals surface area contributed by atoms with E-state index in [1.165, 1.54) is 0 Å². The molecule has 0 bridgehead atoms. The maximum Gasteiger partial charge on any atom is 0.226 e. The number of carbonyl (C=O) groups is 1. The van der Waals surface area contributed by atoms with Crippen molar-refractivity contribution in [1.29, 1.82) is 0 Å². The highest BCUT2D eigenvalue weighted by molar-refractivity contribution is 7.91. The molecule has 1 rings (SSSR count). The number of carbonyl (C=O) groups excluding carboxylic acids is 1. The zero-order valence-corrected chi connectivity index (χ0v) is 13.8. The highest BCUT2D eigenvalue weighted by atomic mass is 32.2. The molecule has 0 heterocycles. The third kappa shape index (κ3) is 6.16. The summed E-state index contributed by atoms with van der Waals surface area (Å²) in [7, 11) is -2.99. The first-order valence-corrected chi connectivity index (χ1v) is 8.93. The van der Waals surface area contributed by atoms with Gasteiger partial charge in [0, 0.05) is 29.1 Å². The van der Waals surface area contributed by atoms with Crippen LogP contribution in [0.4, 0.5) is 11.4 Å². The number of amides is 1. The molecule has 1 aromatic carbocycles. The number of nitrogens with one attached hydrogen (secondary N) is 2. The molecule has 0 saturated carbocycles. The van der Waals surface area contributed by atoms with Crippen molar-refractivity contribution in [2.75, 3.05) is 22.1 Å². The Morgan fingerprint density at radius 2 is 1.62 bits per heavy atom. The fraction of sp³-hybridized carbons (Fsp3) is 0.533. The van der Waals surface area contributed by atoms with Crippen molar-refractivity contribution < 1.29 is 13.2 Å². The first kappa shape index (κ1) is 17.5. The van der Waals surface area contributed by atoms with Crippen LogP contribution in [0.25, 0.3) is 0 Å². The average Bonchev–Trinajstić information content (AvgIpc) is 2.40. The van der Waals surface area contributed by atoms with Crippen LogP contribution in [-0.2, 0) is 14.6 Å². The van der Waals surface area contributed by atoms with Crippen molar-refractivity contribution in [2.45, 2.75) is 33.7 Å². The SMILES string of the molecule is CCS(=O)(=O)CC(C)Nc1ccc(NC(=O)C(C)C)cc1. The monoisotopic (exact) mass is 312 g/mol. The summed E-state index contributed by atoms with van der Waals surface area (Å²) in [6.07, 6.45) is 0. The molecule has 0 saturated heterocycles. The third-order valence-corrected chi connectivity index (χ3v) is 4.92. The average molecular weight is 312 g/mol. The molecule has 0 radical (unpaired) electrons. The second-order valence-electron chi connectivity index (χ2n) is 5.47. The summed E-state index contributed by atoms with van der Waals surface area (Å²) in [5.74, 6) is 0.161. The Morgan fingerprint density at radius 1 is 1.10 bits per heavy atom. The van der Waals surface area contributed by atoms with E-state index in [0.29, 0.717) is 0 Å². The molecule has 6 heteroatoms. The van der Waals surface area contributed by atoms with Gasteiger partial charge in [0.05, 0.1) is 5.75 Å². The molecule has 0 fully saturated rings. The molecule has 0 aliphatic rings. The van der Waals surface area contributed by atoms with Gasteiger partial charge in [0.1, 0.15) is 0 Å². The molecule has 118 valence electrons. The molecule has 1 unspecified atom stereocenters. The lowest BCUT2D eigenvalue weighted by molar-refractivity contribution is -0.118. The van der Waals surface area contributed by atoms with Crippen LogP contribution in [0.1, 0.15) is 27.7 Å². The lowest BCUT2D eigenvalue weighted by Crippen LogP contribution is -2.26. The Bertz CT molecular complexity index is 565. The Hall–Kier alpha value is -1.56. The number of hydrogen-bond acceptors (Lipinski definition) is 4. The van der Waals surface area contributed by atoms with Gasteiger partial charge >= 0.3 is 0 Å². The molecule has 2 N–H and O–H groups in total. The highest BCUT2D eigenvalue weighted by Gasteiger charge is 2.13. The molecule has 21 heavy (non-hydrogen) atoms. The number of rotatable bonds is 7. The molecule has 0 aromatic heterocycles. The molecule has 0 spiro atoms. The normalized spacial score (nSPS) is 13.0. The maximum atomic E-state index is 11.6. The van der Waals surface area contributed by atoms with E-state index in [-0.39, 0.29) is 29.4 Å². The summed E-state index contributed by atoms with van der Waals surface area (Å²) in [5.41, 5.74) is 1.56. The quantitative estimate of drug-likeness (QED) is 0.811. The zero-order valence-electron chi connectivity index (χ0n) is 13.0. The minimum absolute atomic E-state index is 0.0295. The maximum absolute atomic E-state index is 11.6. The van der Waals surface area contributed by atoms with E-state index >= 15 is 0 Å². The van der Waals surface area contributed by atoms with Gasteiger partial charge in [-0.25, -0.2) is 8.42 Å². The van der Waals surface area contributed by atoms with Gasteiger partial charge in [-0.15, -0.1) is 0 Å². The van der Waals surface area contributed by atoms with Crippen molar-refractivity contribution in [3.8, 4) is 0 Å². The Kier molecular flexibility index (Phi) is 6.20. The number of sulfone groups is 1. The van der Waals surface area contributed by atoms with Crippen molar-refractivity contribution in [3.63, 3.8) is 0 Å². The van der Waals surface area contributed by atoms with Gasteiger partial charge in [-0.05, 0) is 31.2 Å². The molecule has 1 aromatic rings. The van der Waals surface area contributed by atoms with Crippen molar-refractivity contribution in [2.24, 2.45) is 5.92 Å². The van der Waals surface area contributed by atoms with Crippen molar-refractivity contribution in [1.82, 2.24) is 0 Å². The van der Waals surface area contributed by atoms with Crippen LogP contribution in [0.3, 0.4) is 0 Å². The van der Waals surface area contributed by atoms with Crippen LogP contribution in [0.5, 0.6) is 0 Å². The number of hydrogen-bond donors (Lipinski definition) is 2. The van der Waals surface area contributed by atoms with E-state index in [2.05, 4.69) is 10.6 Å². The van der Waals surface area contributed by atoms with E-state index in [1.54, 1.807) is 19.1 Å². The van der Waals surface area contributed by atoms with Gasteiger partial charge in [0.15, 0.2) is 9.84 Å². The van der Waals surface area contributed by atoms with Gasteiger partial charge in [-0.2, -0.15) is 0 Å². The first-order valence-electron chi connectivity index (χ1n) is 7.11. The Labute approximate surface area is 127 Å². The highest BCUT2D eigenvalue weighted by Crippen LogP contribution is 2.15. The molecule has 1 amide bonds. The minimum Gasteiger partial charge on any atom is -0.382 e. The lowest BCUT2D eigenvalue weighted by atomic mass is 10.2. The fourth-order valence-corrected chi connectivity index (χ4v) is 2.84. The predicted molar refractivity (Wildman–Crippen MR) is 87.3 cm³/mol. The van der Waals surface area contributed by atoms with E-state index in [9.17, 15) is 13.2 Å². The summed E-state index contributed by atoms with van der Waals surface area (Å²) in [6, 6.07) is 7.08. The summed E-state index contributed by atoms with van der Waals surface area (Å²) < 4.78 is 23.1. The van der Waals surface area contributed by atoms with Gasteiger partial charge in [-0.3, -0.25) is 4.79 Å². The second kappa shape index (κ2) is 7.45.